The highest BCUT2D eigenvalue weighted by Gasteiger charge is 2.62. The predicted molar refractivity (Wildman–Crippen MR) is 67.4 cm³/mol. The van der Waals surface area contributed by atoms with Crippen molar-refractivity contribution in [3.05, 3.63) is 12.2 Å². The molecule has 0 aromatic carbocycles. The van der Waals surface area contributed by atoms with Crippen LogP contribution in [-0.2, 0) is 9.78 Å². The van der Waals surface area contributed by atoms with Crippen LogP contribution in [0.25, 0.3) is 0 Å². The molecule has 2 heteroatoms. The third-order valence-corrected chi connectivity index (χ3v) is 5.98. The first-order valence-corrected chi connectivity index (χ1v) is 6.90. The highest BCUT2D eigenvalue weighted by atomic mass is 17.2. The first-order valence-electron chi connectivity index (χ1n) is 6.90. The van der Waals surface area contributed by atoms with Crippen LogP contribution >= 0.6 is 0 Å². The van der Waals surface area contributed by atoms with E-state index in [2.05, 4.69) is 39.8 Å². The lowest BCUT2D eigenvalue weighted by atomic mass is 9.56. The zero-order valence-corrected chi connectivity index (χ0v) is 11.5. The van der Waals surface area contributed by atoms with E-state index < -0.39 is 0 Å². The van der Waals surface area contributed by atoms with Crippen LogP contribution in [0.5, 0.6) is 0 Å². The summed E-state index contributed by atoms with van der Waals surface area (Å²) in [4.78, 5) is 11.6. The first kappa shape index (κ1) is 11.7. The minimum atomic E-state index is -0.190. The van der Waals surface area contributed by atoms with Crippen molar-refractivity contribution in [3.8, 4) is 0 Å². The van der Waals surface area contributed by atoms with E-state index in [9.17, 15) is 0 Å². The summed E-state index contributed by atoms with van der Waals surface area (Å²) in [6.45, 7) is 9.26. The lowest BCUT2D eigenvalue weighted by Gasteiger charge is -2.57. The van der Waals surface area contributed by atoms with Gasteiger partial charge in [0, 0.05) is 5.41 Å². The van der Waals surface area contributed by atoms with E-state index in [0.29, 0.717) is 5.41 Å². The molecule has 3 unspecified atom stereocenters. The fraction of sp³-hybridized carbons (Fsp3) is 0.867. The van der Waals surface area contributed by atoms with Gasteiger partial charge in [-0.05, 0) is 38.0 Å². The smallest absolute Gasteiger partial charge is 0.128 e. The van der Waals surface area contributed by atoms with Gasteiger partial charge in [-0.2, -0.15) is 0 Å². The molecule has 2 fully saturated rings. The average Bonchev–Trinajstić information content (AvgIpc) is 2.56. The van der Waals surface area contributed by atoms with Crippen LogP contribution in [0, 0.1) is 10.8 Å². The summed E-state index contributed by atoms with van der Waals surface area (Å²) >= 11 is 0. The molecule has 2 aliphatic heterocycles. The Morgan fingerprint density at radius 2 is 1.59 bits per heavy atom. The first-order chi connectivity index (χ1) is 7.83. The number of hydrogen-bond acceptors (Lipinski definition) is 2. The van der Waals surface area contributed by atoms with Crippen LogP contribution in [0.1, 0.15) is 59.8 Å². The second-order valence-electron chi connectivity index (χ2n) is 7.27. The lowest BCUT2D eigenvalue weighted by molar-refractivity contribution is -0.447. The molecule has 2 bridgehead atoms. The van der Waals surface area contributed by atoms with E-state index in [1.807, 2.05) is 0 Å². The van der Waals surface area contributed by atoms with E-state index in [4.69, 9.17) is 9.78 Å². The van der Waals surface area contributed by atoms with Gasteiger partial charge >= 0.3 is 0 Å². The standard InChI is InChI=1S/C15H24O2/c1-12(2)6-5-7-14(12,4)15-10-8-13(3,9-11-15)16-17-15/h8,10H,5-7,9,11H2,1-4H3. The van der Waals surface area contributed by atoms with Crippen molar-refractivity contribution in [1.29, 1.82) is 0 Å². The zero-order valence-electron chi connectivity index (χ0n) is 11.5. The minimum absolute atomic E-state index is 0.180. The predicted octanol–water partition coefficient (Wildman–Crippen LogP) is 4.01. The van der Waals surface area contributed by atoms with Gasteiger partial charge in [0.2, 0.25) is 0 Å². The topological polar surface area (TPSA) is 18.5 Å². The van der Waals surface area contributed by atoms with Gasteiger partial charge in [-0.1, -0.05) is 39.3 Å². The zero-order chi connectivity index (χ0) is 12.4. The third-order valence-electron chi connectivity index (χ3n) is 5.98. The normalized spacial score (nSPS) is 52.0. The van der Waals surface area contributed by atoms with Crippen LogP contribution < -0.4 is 0 Å². The number of rotatable bonds is 1. The molecule has 0 aromatic heterocycles. The van der Waals surface area contributed by atoms with Crippen molar-refractivity contribution in [3.63, 3.8) is 0 Å². The monoisotopic (exact) mass is 236 g/mol. The lowest BCUT2D eigenvalue weighted by Crippen LogP contribution is -2.59. The van der Waals surface area contributed by atoms with Gasteiger partial charge in [0.15, 0.2) is 0 Å². The Labute approximate surface area is 104 Å². The molecule has 0 aromatic rings. The fourth-order valence-electron chi connectivity index (χ4n) is 4.05. The largest absolute Gasteiger partial charge is 0.225 e. The molecule has 96 valence electrons. The number of fused-ring (bicyclic) bond motifs is 2. The molecular formula is C15H24O2. The van der Waals surface area contributed by atoms with Crippen molar-refractivity contribution in [1.82, 2.24) is 0 Å². The fourth-order valence-corrected chi connectivity index (χ4v) is 4.05. The maximum Gasteiger partial charge on any atom is 0.128 e. The van der Waals surface area contributed by atoms with Crippen LogP contribution in [0.2, 0.25) is 0 Å². The van der Waals surface area contributed by atoms with Crippen LogP contribution in [0.4, 0.5) is 0 Å². The van der Waals surface area contributed by atoms with Crippen molar-refractivity contribution >= 4 is 0 Å². The second kappa shape index (κ2) is 3.16. The van der Waals surface area contributed by atoms with Gasteiger partial charge in [0.25, 0.3) is 0 Å². The Morgan fingerprint density at radius 1 is 0.824 bits per heavy atom. The van der Waals surface area contributed by atoms with E-state index in [0.717, 1.165) is 12.8 Å². The second-order valence-corrected chi connectivity index (χ2v) is 7.27. The molecule has 1 saturated carbocycles. The van der Waals surface area contributed by atoms with Crippen LogP contribution in [0.3, 0.4) is 0 Å². The average molecular weight is 236 g/mol. The molecule has 3 atom stereocenters. The summed E-state index contributed by atoms with van der Waals surface area (Å²) in [6.07, 6.45) is 10.5. The van der Waals surface area contributed by atoms with Gasteiger partial charge in [0.05, 0.1) is 0 Å². The van der Waals surface area contributed by atoms with E-state index in [1.54, 1.807) is 0 Å². The molecule has 2 nitrogen and oxygen atoms in total. The summed E-state index contributed by atoms with van der Waals surface area (Å²) in [5, 5.41) is 0. The Kier molecular flexibility index (Phi) is 2.18. The van der Waals surface area contributed by atoms with Crippen molar-refractivity contribution in [2.75, 3.05) is 0 Å². The van der Waals surface area contributed by atoms with Crippen molar-refractivity contribution in [2.45, 2.75) is 71.0 Å². The summed E-state index contributed by atoms with van der Waals surface area (Å²) in [7, 11) is 0. The Morgan fingerprint density at radius 3 is 2.00 bits per heavy atom. The van der Waals surface area contributed by atoms with Gasteiger partial charge < -0.3 is 0 Å². The van der Waals surface area contributed by atoms with E-state index >= 15 is 0 Å². The van der Waals surface area contributed by atoms with E-state index in [-0.39, 0.29) is 16.6 Å². The van der Waals surface area contributed by atoms with Gasteiger partial charge in [-0.15, -0.1) is 0 Å². The summed E-state index contributed by atoms with van der Waals surface area (Å²) < 4.78 is 0. The van der Waals surface area contributed by atoms with Crippen molar-refractivity contribution in [2.24, 2.45) is 10.8 Å². The van der Waals surface area contributed by atoms with E-state index in [1.165, 1.54) is 19.3 Å². The van der Waals surface area contributed by atoms with Gasteiger partial charge in [-0.3, -0.25) is 0 Å². The SMILES string of the molecule is CC12C=CC(C3(C)CCCC3(C)C)(CC1)OO2. The maximum atomic E-state index is 5.90. The van der Waals surface area contributed by atoms with Crippen molar-refractivity contribution < 1.29 is 9.78 Å². The minimum Gasteiger partial charge on any atom is -0.225 e. The van der Waals surface area contributed by atoms with Gasteiger partial charge in [-0.25, -0.2) is 9.78 Å². The maximum absolute atomic E-state index is 5.90. The summed E-state index contributed by atoms with van der Waals surface area (Å²) in [5.41, 5.74) is 0.148. The molecule has 0 amide bonds. The molecule has 4 rings (SSSR count). The number of hydrogen-bond donors (Lipinski definition) is 0. The molecule has 1 saturated heterocycles. The van der Waals surface area contributed by atoms with Crippen LogP contribution in [0.15, 0.2) is 12.2 Å². The summed E-state index contributed by atoms with van der Waals surface area (Å²) in [6, 6.07) is 0. The Bertz CT molecular complexity index is 361. The third kappa shape index (κ3) is 1.34. The van der Waals surface area contributed by atoms with Gasteiger partial charge in [0.1, 0.15) is 11.2 Å². The van der Waals surface area contributed by atoms with Crippen LogP contribution in [-0.4, -0.2) is 11.2 Å². The quantitative estimate of drug-likeness (QED) is 0.506. The molecule has 4 aliphatic rings. The molecule has 0 spiro atoms. The Hall–Kier alpha value is -0.340. The molecular weight excluding hydrogens is 212 g/mol. The summed E-state index contributed by atoms with van der Waals surface area (Å²) in [5.74, 6) is 0. The molecule has 17 heavy (non-hydrogen) atoms. The Balaban J connectivity index is 2.02. The molecule has 2 aliphatic carbocycles. The molecule has 2 heterocycles. The highest BCUT2D eigenvalue weighted by molar-refractivity contribution is 5.24. The molecule has 0 radical (unpaired) electrons. The molecule has 0 N–H and O–H groups in total. The highest BCUT2D eigenvalue weighted by Crippen LogP contribution is 2.63.